The number of nitrogens with zero attached hydrogens (tertiary/aromatic N) is 1. The molecule has 1 aromatic rings. The van der Waals surface area contributed by atoms with Crippen LogP contribution in [0.1, 0.15) is 32.8 Å². The van der Waals surface area contributed by atoms with E-state index in [1.165, 1.54) is 0 Å². The van der Waals surface area contributed by atoms with Crippen molar-refractivity contribution in [2.75, 3.05) is 5.32 Å². The van der Waals surface area contributed by atoms with E-state index in [9.17, 15) is 4.79 Å². The number of hydrogen-bond acceptors (Lipinski definition) is 2. The molecule has 0 aliphatic rings. The van der Waals surface area contributed by atoms with Gasteiger partial charge in [0.1, 0.15) is 5.15 Å². The summed E-state index contributed by atoms with van der Waals surface area (Å²) in [6.07, 6.45) is 2.05. The van der Waals surface area contributed by atoms with Crippen LogP contribution in [0.4, 0.5) is 5.69 Å². The van der Waals surface area contributed by atoms with E-state index < -0.39 is 0 Å². The van der Waals surface area contributed by atoms with Crippen molar-refractivity contribution in [1.29, 1.82) is 0 Å². The van der Waals surface area contributed by atoms with E-state index in [-0.39, 0.29) is 11.3 Å². The van der Waals surface area contributed by atoms with Crippen LogP contribution in [-0.4, -0.2) is 10.9 Å². The molecule has 1 amide bonds. The SMILES string of the molecule is Cc1cc(NC(=O)CC(C)(C)C)cnc1Cl. The highest BCUT2D eigenvalue weighted by molar-refractivity contribution is 6.30. The standard InChI is InChI=1S/C12H17ClN2O/c1-8-5-9(7-14-11(8)13)15-10(16)6-12(2,3)4/h5,7H,6H2,1-4H3,(H,15,16). The molecule has 3 nitrogen and oxygen atoms in total. The molecular weight excluding hydrogens is 224 g/mol. The van der Waals surface area contributed by atoms with Crippen molar-refractivity contribution in [2.24, 2.45) is 5.41 Å². The lowest BCUT2D eigenvalue weighted by atomic mass is 9.92. The van der Waals surface area contributed by atoms with Crippen molar-refractivity contribution in [1.82, 2.24) is 4.98 Å². The fourth-order valence-corrected chi connectivity index (χ4v) is 1.42. The molecular formula is C12H17ClN2O. The van der Waals surface area contributed by atoms with Crippen LogP contribution in [0.2, 0.25) is 5.15 Å². The van der Waals surface area contributed by atoms with Crippen molar-refractivity contribution in [3.8, 4) is 0 Å². The lowest BCUT2D eigenvalue weighted by molar-refractivity contribution is -0.117. The molecule has 1 N–H and O–H groups in total. The number of anilines is 1. The fraction of sp³-hybridized carbons (Fsp3) is 0.500. The molecule has 0 saturated carbocycles. The molecule has 0 atom stereocenters. The second-order valence-corrected chi connectivity index (χ2v) is 5.48. The lowest BCUT2D eigenvalue weighted by Crippen LogP contribution is -2.19. The van der Waals surface area contributed by atoms with Crippen LogP contribution >= 0.6 is 11.6 Å². The number of carbonyl (C=O) groups excluding carboxylic acids is 1. The molecule has 0 bridgehead atoms. The highest BCUT2D eigenvalue weighted by Gasteiger charge is 2.16. The van der Waals surface area contributed by atoms with Gasteiger partial charge in [0.05, 0.1) is 11.9 Å². The molecule has 1 heterocycles. The highest BCUT2D eigenvalue weighted by atomic mass is 35.5. The molecule has 0 saturated heterocycles. The number of hydrogen-bond donors (Lipinski definition) is 1. The summed E-state index contributed by atoms with van der Waals surface area (Å²) >= 11 is 5.80. The molecule has 16 heavy (non-hydrogen) atoms. The molecule has 0 spiro atoms. The first-order chi connectivity index (χ1) is 7.28. The van der Waals surface area contributed by atoms with Gasteiger partial charge in [0.15, 0.2) is 0 Å². The average Bonchev–Trinajstić information content (AvgIpc) is 2.08. The zero-order valence-corrected chi connectivity index (χ0v) is 10.9. The largest absolute Gasteiger partial charge is 0.325 e. The maximum Gasteiger partial charge on any atom is 0.224 e. The molecule has 0 unspecified atom stereocenters. The van der Waals surface area contributed by atoms with Gasteiger partial charge in [-0.1, -0.05) is 32.4 Å². The molecule has 88 valence electrons. The number of pyridine rings is 1. The van der Waals surface area contributed by atoms with Crippen LogP contribution in [-0.2, 0) is 4.79 Å². The number of rotatable bonds is 2. The first-order valence-electron chi connectivity index (χ1n) is 5.20. The third-order valence-electron chi connectivity index (χ3n) is 1.99. The normalized spacial score (nSPS) is 11.3. The van der Waals surface area contributed by atoms with Crippen molar-refractivity contribution in [2.45, 2.75) is 34.1 Å². The zero-order chi connectivity index (χ0) is 12.3. The van der Waals surface area contributed by atoms with E-state index in [2.05, 4.69) is 10.3 Å². The summed E-state index contributed by atoms with van der Waals surface area (Å²) in [7, 11) is 0. The van der Waals surface area contributed by atoms with Gasteiger partial charge in [-0.15, -0.1) is 0 Å². The van der Waals surface area contributed by atoms with Crippen LogP contribution in [0.5, 0.6) is 0 Å². The summed E-state index contributed by atoms with van der Waals surface area (Å²) in [5.41, 5.74) is 1.53. The Bertz CT molecular complexity index is 396. The summed E-state index contributed by atoms with van der Waals surface area (Å²) in [4.78, 5) is 15.6. The van der Waals surface area contributed by atoms with Crippen LogP contribution in [0, 0.1) is 12.3 Å². The van der Waals surface area contributed by atoms with Gasteiger partial charge in [0.2, 0.25) is 5.91 Å². The van der Waals surface area contributed by atoms with E-state index in [1.807, 2.05) is 33.8 Å². The van der Waals surface area contributed by atoms with E-state index >= 15 is 0 Å². The first kappa shape index (κ1) is 13.0. The maximum atomic E-state index is 11.7. The number of halogens is 1. The number of carbonyl (C=O) groups is 1. The Hall–Kier alpha value is -1.09. The fourth-order valence-electron chi connectivity index (χ4n) is 1.31. The molecule has 0 aromatic carbocycles. The van der Waals surface area contributed by atoms with E-state index in [4.69, 9.17) is 11.6 Å². The number of nitrogens with one attached hydrogen (secondary N) is 1. The monoisotopic (exact) mass is 240 g/mol. The predicted molar refractivity (Wildman–Crippen MR) is 66.7 cm³/mol. The summed E-state index contributed by atoms with van der Waals surface area (Å²) in [5.74, 6) is -0.00368. The molecule has 1 rings (SSSR count). The van der Waals surface area contributed by atoms with Gasteiger partial charge < -0.3 is 5.32 Å². The van der Waals surface area contributed by atoms with Gasteiger partial charge in [-0.25, -0.2) is 4.98 Å². The molecule has 0 radical (unpaired) electrons. The van der Waals surface area contributed by atoms with Gasteiger partial charge >= 0.3 is 0 Å². The minimum absolute atomic E-state index is 0.00368. The number of aromatic nitrogens is 1. The second kappa shape index (κ2) is 4.83. The quantitative estimate of drug-likeness (QED) is 0.805. The zero-order valence-electron chi connectivity index (χ0n) is 10.1. The van der Waals surface area contributed by atoms with Gasteiger partial charge in [-0.05, 0) is 24.0 Å². The summed E-state index contributed by atoms with van der Waals surface area (Å²) < 4.78 is 0. The topological polar surface area (TPSA) is 42.0 Å². The smallest absolute Gasteiger partial charge is 0.224 e. The average molecular weight is 241 g/mol. The second-order valence-electron chi connectivity index (χ2n) is 5.12. The van der Waals surface area contributed by atoms with Crippen LogP contribution in [0.15, 0.2) is 12.3 Å². The summed E-state index contributed by atoms with van der Waals surface area (Å²) in [6.45, 7) is 7.93. The van der Waals surface area contributed by atoms with Crippen LogP contribution in [0.3, 0.4) is 0 Å². The molecule has 0 aliphatic heterocycles. The maximum absolute atomic E-state index is 11.7. The Balaban J connectivity index is 2.67. The van der Waals surface area contributed by atoms with Crippen molar-refractivity contribution in [3.05, 3.63) is 23.0 Å². The first-order valence-corrected chi connectivity index (χ1v) is 5.58. The minimum atomic E-state index is -0.0149. The van der Waals surface area contributed by atoms with Gasteiger partial charge in [-0.3, -0.25) is 4.79 Å². The Morgan fingerprint density at radius 1 is 1.50 bits per heavy atom. The van der Waals surface area contributed by atoms with Gasteiger partial charge in [0.25, 0.3) is 0 Å². The van der Waals surface area contributed by atoms with Crippen LogP contribution in [0.25, 0.3) is 0 Å². The number of amides is 1. The van der Waals surface area contributed by atoms with Crippen molar-refractivity contribution in [3.63, 3.8) is 0 Å². The Morgan fingerprint density at radius 3 is 2.62 bits per heavy atom. The molecule has 4 heteroatoms. The Kier molecular flexibility index (Phi) is 3.92. The van der Waals surface area contributed by atoms with Crippen molar-refractivity contribution < 1.29 is 4.79 Å². The van der Waals surface area contributed by atoms with Crippen LogP contribution < -0.4 is 5.32 Å². The molecule has 1 aromatic heterocycles. The van der Waals surface area contributed by atoms with E-state index in [1.54, 1.807) is 6.20 Å². The van der Waals surface area contributed by atoms with Gasteiger partial charge in [0, 0.05) is 6.42 Å². The molecule has 0 fully saturated rings. The number of aryl methyl sites for hydroxylation is 1. The van der Waals surface area contributed by atoms with Crippen molar-refractivity contribution >= 4 is 23.2 Å². The third kappa shape index (κ3) is 4.19. The summed E-state index contributed by atoms with van der Waals surface area (Å²) in [6, 6.07) is 1.82. The molecule has 0 aliphatic carbocycles. The highest BCUT2D eigenvalue weighted by Crippen LogP contribution is 2.20. The lowest BCUT2D eigenvalue weighted by Gasteiger charge is -2.17. The van der Waals surface area contributed by atoms with E-state index in [0.717, 1.165) is 5.56 Å². The predicted octanol–water partition coefficient (Wildman–Crippen LogP) is 3.42. The Morgan fingerprint density at radius 2 is 2.12 bits per heavy atom. The van der Waals surface area contributed by atoms with E-state index in [0.29, 0.717) is 17.3 Å². The minimum Gasteiger partial charge on any atom is -0.325 e. The third-order valence-corrected chi connectivity index (χ3v) is 2.38. The summed E-state index contributed by atoms with van der Waals surface area (Å²) in [5, 5.41) is 3.27. The van der Waals surface area contributed by atoms with Gasteiger partial charge in [-0.2, -0.15) is 0 Å². The Labute approximate surface area is 101 Å².